The first-order valence-electron chi connectivity index (χ1n) is 8.31. The Kier molecular flexibility index (Phi) is 4.71. The predicted molar refractivity (Wildman–Crippen MR) is 99.3 cm³/mol. The van der Waals surface area contributed by atoms with Crippen LogP contribution < -0.4 is 10.3 Å². The lowest BCUT2D eigenvalue weighted by atomic mass is 10.1. The number of nitro groups is 1. The van der Waals surface area contributed by atoms with Crippen LogP contribution in [0.15, 0.2) is 47.3 Å². The van der Waals surface area contributed by atoms with Gasteiger partial charge in [0, 0.05) is 18.1 Å². The van der Waals surface area contributed by atoms with E-state index in [4.69, 9.17) is 4.74 Å². The summed E-state index contributed by atoms with van der Waals surface area (Å²) in [5, 5.41) is 11.3. The topological polar surface area (TPSA) is 87.3 Å². The lowest BCUT2D eigenvalue weighted by Crippen LogP contribution is -2.25. The van der Waals surface area contributed by atoms with Gasteiger partial charge in [0.15, 0.2) is 0 Å². The summed E-state index contributed by atoms with van der Waals surface area (Å²) in [5.41, 5.74) is 0.654. The first kappa shape index (κ1) is 17.6. The summed E-state index contributed by atoms with van der Waals surface area (Å²) in [7, 11) is 1.57. The summed E-state index contributed by atoms with van der Waals surface area (Å²) >= 11 is 0. The largest absolute Gasteiger partial charge is 0.497 e. The molecule has 0 radical (unpaired) electrons. The highest BCUT2D eigenvalue weighted by molar-refractivity contribution is 5.80. The van der Waals surface area contributed by atoms with E-state index in [1.165, 1.54) is 22.8 Å². The Morgan fingerprint density at radius 2 is 1.92 bits per heavy atom. The van der Waals surface area contributed by atoms with Gasteiger partial charge in [0.25, 0.3) is 11.2 Å². The van der Waals surface area contributed by atoms with Crippen LogP contribution in [0.5, 0.6) is 5.75 Å². The van der Waals surface area contributed by atoms with Gasteiger partial charge in [-0.25, -0.2) is 4.98 Å². The van der Waals surface area contributed by atoms with Crippen molar-refractivity contribution in [1.82, 2.24) is 9.55 Å². The van der Waals surface area contributed by atoms with Crippen molar-refractivity contribution in [2.75, 3.05) is 7.11 Å². The van der Waals surface area contributed by atoms with Crippen LogP contribution in [0.3, 0.4) is 0 Å². The molecule has 0 bridgehead atoms. The molecule has 0 saturated heterocycles. The maximum absolute atomic E-state index is 13.2. The van der Waals surface area contributed by atoms with Crippen molar-refractivity contribution >= 4 is 16.6 Å². The van der Waals surface area contributed by atoms with Gasteiger partial charge in [-0.05, 0) is 36.8 Å². The zero-order valence-corrected chi connectivity index (χ0v) is 14.8. The highest BCUT2D eigenvalue weighted by atomic mass is 16.6. The number of nitro benzene ring substituents is 1. The molecule has 134 valence electrons. The van der Waals surface area contributed by atoms with Crippen molar-refractivity contribution in [3.63, 3.8) is 0 Å². The number of nitrogens with zero attached hydrogens (tertiary/aromatic N) is 3. The van der Waals surface area contributed by atoms with Crippen LogP contribution in [0.2, 0.25) is 0 Å². The second kappa shape index (κ2) is 6.95. The van der Waals surface area contributed by atoms with Gasteiger partial charge in [-0.15, -0.1) is 0 Å². The van der Waals surface area contributed by atoms with Crippen molar-refractivity contribution in [3.05, 3.63) is 68.8 Å². The molecule has 0 amide bonds. The Bertz CT molecular complexity index is 1030. The second-order valence-electron chi connectivity index (χ2n) is 6.08. The van der Waals surface area contributed by atoms with E-state index in [1.807, 2.05) is 13.8 Å². The van der Waals surface area contributed by atoms with Crippen molar-refractivity contribution in [2.24, 2.45) is 0 Å². The van der Waals surface area contributed by atoms with E-state index >= 15 is 0 Å². The van der Waals surface area contributed by atoms with Crippen molar-refractivity contribution in [1.29, 1.82) is 0 Å². The van der Waals surface area contributed by atoms with Crippen molar-refractivity contribution in [2.45, 2.75) is 26.2 Å². The molecule has 7 nitrogen and oxygen atoms in total. The zero-order chi connectivity index (χ0) is 18.8. The van der Waals surface area contributed by atoms with Crippen LogP contribution in [0.25, 0.3) is 16.6 Å². The number of methoxy groups -OCH3 is 1. The van der Waals surface area contributed by atoms with Gasteiger partial charge in [-0.3, -0.25) is 19.5 Å². The molecular weight excluding hydrogens is 334 g/mol. The Balaban J connectivity index is 2.34. The molecule has 3 aromatic rings. The molecule has 3 rings (SSSR count). The molecule has 0 spiro atoms. The normalized spacial score (nSPS) is 12.1. The number of benzene rings is 2. The second-order valence-corrected chi connectivity index (χ2v) is 6.08. The molecule has 0 saturated carbocycles. The molecule has 1 aromatic heterocycles. The summed E-state index contributed by atoms with van der Waals surface area (Å²) in [4.78, 5) is 28.4. The smallest absolute Gasteiger partial charge is 0.270 e. The Morgan fingerprint density at radius 3 is 2.50 bits per heavy atom. The van der Waals surface area contributed by atoms with Crippen LogP contribution in [-0.4, -0.2) is 21.6 Å². The van der Waals surface area contributed by atoms with Gasteiger partial charge >= 0.3 is 0 Å². The maximum Gasteiger partial charge on any atom is 0.270 e. The molecule has 1 heterocycles. The van der Waals surface area contributed by atoms with E-state index < -0.39 is 4.92 Å². The van der Waals surface area contributed by atoms with Gasteiger partial charge in [0.2, 0.25) is 0 Å². The predicted octanol–water partition coefficient (Wildman–Crippen LogP) is 3.82. The Labute approximate surface area is 150 Å². The first-order chi connectivity index (χ1) is 12.5. The number of rotatable bonds is 5. The molecule has 0 fully saturated rings. The molecule has 1 atom stereocenters. The van der Waals surface area contributed by atoms with Crippen molar-refractivity contribution in [3.8, 4) is 11.4 Å². The van der Waals surface area contributed by atoms with E-state index in [-0.39, 0.29) is 22.6 Å². The number of hydrogen-bond donors (Lipinski definition) is 0. The number of ether oxygens (including phenoxy) is 1. The van der Waals surface area contributed by atoms with E-state index in [0.29, 0.717) is 22.8 Å². The fourth-order valence-corrected chi connectivity index (χ4v) is 2.80. The standard InChI is InChI=1S/C19H19N3O4/c1-4-12(2)18-20-17-10-7-14(22(24)25)11-16(17)19(23)21(18)13-5-8-15(26-3)9-6-13/h5-12H,4H2,1-3H3. The number of non-ortho nitro benzene ring substituents is 1. The monoisotopic (exact) mass is 353 g/mol. The highest BCUT2D eigenvalue weighted by Gasteiger charge is 2.19. The van der Waals surface area contributed by atoms with Gasteiger partial charge in [-0.2, -0.15) is 0 Å². The van der Waals surface area contributed by atoms with Crippen molar-refractivity contribution < 1.29 is 9.66 Å². The molecule has 1 unspecified atom stereocenters. The highest BCUT2D eigenvalue weighted by Crippen LogP contribution is 2.24. The lowest BCUT2D eigenvalue weighted by Gasteiger charge is -2.17. The minimum Gasteiger partial charge on any atom is -0.497 e. The van der Waals surface area contributed by atoms with E-state index in [0.717, 1.165) is 6.42 Å². The van der Waals surface area contributed by atoms with Gasteiger partial charge < -0.3 is 4.74 Å². The molecule has 0 N–H and O–H groups in total. The minimum absolute atomic E-state index is 0.0457. The third-order valence-corrected chi connectivity index (χ3v) is 4.47. The zero-order valence-electron chi connectivity index (χ0n) is 14.8. The SMILES string of the molecule is CCC(C)c1nc2ccc([N+](=O)[O-])cc2c(=O)n1-c1ccc(OC)cc1. The molecule has 7 heteroatoms. The summed E-state index contributed by atoms with van der Waals surface area (Å²) in [6.45, 7) is 4.02. The fourth-order valence-electron chi connectivity index (χ4n) is 2.80. The summed E-state index contributed by atoms with van der Waals surface area (Å²) < 4.78 is 6.70. The number of aromatic nitrogens is 2. The van der Waals surface area contributed by atoms with Crippen LogP contribution >= 0.6 is 0 Å². The third-order valence-electron chi connectivity index (χ3n) is 4.47. The summed E-state index contributed by atoms with van der Waals surface area (Å²) in [5.74, 6) is 1.35. The quantitative estimate of drug-likeness (QED) is 0.514. The molecule has 0 aliphatic carbocycles. The Morgan fingerprint density at radius 1 is 1.23 bits per heavy atom. The average Bonchev–Trinajstić information content (AvgIpc) is 2.67. The van der Waals surface area contributed by atoms with Crippen LogP contribution in [0.4, 0.5) is 5.69 Å². The fraction of sp³-hybridized carbons (Fsp3) is 0.263. The van der Waals surface area contributed by atoms with Crippen LogP contribution in [0, 0.1) is 10.1 Å². The van der Waals surface area contributed by atoms with Gasteiger partial charge in [0.1, 0.15) is 11.6 Å². The molecule has 0 aliphatic heterocycles. The van der Waals surface area contributed by atoms with E-state index in [1.54, 1.807) is 31.4 Å². The third kappa shape index (κ3) is 3.03. The van der Waals surface area contributed by atoms with E-state index in [9.17, 15) is 14.9 Å². The lowest BCUT2D eigenvalue weighted by molar-refractivity contribution is -0.384. The number of fused-ring (bicyclic) bond motifs is 1. The first-order valence-corrected chi connectivity index (χ1v) is 8.31. The average molecular weight is 353 g/mol. The minimum atomic E-state index is -0.515. The number of hydrogen-bond acceptors (Lipinski definition) is 5. The molecule has 0 aliphatic rings. The van der Waals surface area contributed by atoms with Gasteiger partial charge in [0.05, 0.1) is 28.6 Å². The van der Waals surface area contributed by atoms with Crippen LogP contribution in [0.1, 0.15) is 32.0 Å². The van der Waals surface area contributed by atoms with Crippen LogP contribution in [-0.2, 0) is 0 Å². The molecule has 26 heavy (non-hydrogen) atoms. The molecule has 2 aromatic carbocycles. The van der Waals surface area contributed by atoms with E-state index in [2.05, 4.69) is 4.98 Å². The van der Waals surface area contributed by atoms with Gasteiger partial charge in [-0.1, -0.05) is 13.8 Å². The summed E-state index contributed by atoms with van der Waals surface area (Å²) in [6, 6.07) is 11.3. The summed E-state index contributed by atoms with van der Waals surface area (Å²) in [6.07, 6.45) is 0.807. The molecular formula is C19H19N3O4. The Hall–Kier alpha value is -3.22. The maximum atomic E-state index is 13.2.